The number of thioether (sulfide) groups is 1. The molecule has 0 heterocycles. The summed E-state index contributed by atoms with van der Waals surface area (Å²) in [6.07, 6.45) is 2.18. The van der Waals surface area contributed by atoms with Crippen LogP contribution in [0.3, 0.4) is 0 Å². The van der Waals surface area contributed by atoms with Gasteiger partial charge in [-0.1, -0.05) is 13.3 Å². The highest BCUT2D eigenvalue weighted by molar-refractivity contribution is 8.00. The van der Waals surface area contributed by atoms with Crippen LogP contribution in [0.25, 0.3) is 0 Å². The number of hydrogen-bond acceptors (Lipinski definition) is 3. The molecule has 0 aromatic heterocycles. The minimum atomic E-state index is -0.874. The number of rotatable bonds is 6. The fourth-order valence-corrected chi connectivity index (χ4v) is 1.90. The summed E-state index contributed by atoms with van der Waals surface area (Å²) >= 11 is 1.14. The van der Waals surface area contributed by atoms with Crippen LogP contribution in [-0.2, 0) is 9.59 Å². The third-order valence-electron chi connectivity index (χ3n) is 2.25. The van der Waals surface area contributed by atoms with Crippen LogP contribution in [0.2, 0.25) is 0 Å². The number of carbonyl (C=O) groups excluding carboxylic acids is 1. The number of amides is 1. The number of aliphatic carboxylic acids is 1. The largest absolute Gasteiger partial charge is 0.481 e. The summed E-state index contributed by atoms with van der Waals surface area (Å²) in [6, 6.07) is 0.345. The van der Waals surface area contributed by atoms with E-state index in [4.69, 9.17) is 5.11 Å². The Bertz CT molecular complexity index is 232. The lowest BCUT2D eigenvalue weighted by molar-refractivity contribution is -0.133. The second-order valence-electron chi connectivity index (χ2n) is 3.46. The average Bonchev–Trinajstić information content (AvgIpc) is 2.82. The van der Waals surface area contributed by atoms with Crippen LogP contribution in [0.4, 0.5) is 0 Å². The van der Waals surface area contributed by atoms with E-state index in [0.717, 1.165) is 24.6 Å². The smallest absolute Gasteiger partial charge is 0.313 e. The standard InChI is InChI=1S/C9H15NO3S/c1-2-6-3-7(6)10-8(11)4-14-5-9(12)13/h6-7H,2-5H2,1H3,(H,10,11)(H,12,13). The molecule has 0 saturated heterocycles. The lowest BCUT2D eigenvalue weighted by Crippen LogP contribution is -2.28. The molecule has 1 amide bonds. The van der Waals surface area contributed by atoms with Gasteiger partial charge in [0.15, 0.2) is 0 Å². The van der Waals surface area contributed by atoms with Gasteiger partial charge >= 0.3 is 5.97 Å². The van der Waals surface area contributed by atoms with Gasteiger partial charge in [0.2, 0.25) is 5.91 Å². The molecular weight excluding hydrogens is 202 g/mol. The first-order chi connectivity index (χ1) is 6.63. The first kappa shape index (κ1) is 11.4. The summed E-state index contributed by atoms with van der Waals surface area (Å²) in [5.74, 6) is -0.0320. The molecule has 2 unspecified atom stereocenters. The molecule has 0 bridgehead atoms. The van der Waals surface area contributed by atoms with E-state index in [0.29, 0.717) is 12.0 Å². The first-order valence-electron chi connectivity index (χ1n) is 4.72. The van der Waals surface area contributed by atoms with Gasteiger partial charge in [0, 0.05) is 6.04 Å². The lowest BCUT2D eigenvalue weighted by atomic mass is 10.3. The van der Waals surface area contributed by atoms with E-state index < -0.39 is 5.97 Å². The Morgan fingerprint density at radius 2 is 2.21 bits per heavy atom. The van der Waals surface area contributed by atoms with Crippen molar-refractivity contribution in [2.24, 2.45) is 5.92 Å². The van der Waals surface area contributed by atoms with E-state index in [9.17, 15) is 9.59 Å². The lowest BCUT2D eigenvalue weighted by Gasteiger charge is -2.02. The summed E-state index contributed by atoms with van der Waals surface area (Å²) in [5, 5.41) is 11.2. The molecule has 1 aliphatic carbocycles. The third kappa shape index (κ3) is 4.00. The molecule has 1 saturated carbocycles. The van der Waals surface area contributed by atoms with Crippen LogP contribution >= 0.6 is 11.8 Å². The highest BCUT2D eigenvalue weighted by Crippen LogP contribution is 2.32. The van der Waals surface area contributed by atoms with E-state index in [-0.39, 0.29) is 17.4 Å². The van der Waals surface area contributed by atoms with Gasteiger partial charge in [-0.25, -0.2) is 0 Å². The minimum Gasteiger partial charge on any atom is -0.481 e. The fraction of sp³-hybridized carbons (Fsp3) is 0.778. The van der Waals surface area contributed by atoms with Crippen molar-refractivity contribution in [3.05, 3.63) is 0 Å². The summed E-state index contributed by atoms with van der Waals surface area (Å²) in [5.41, 5.74) is 0. The molecule has 4 nitrogen and oxygen atoms in total. The molecule has 1 fully saturated rings. The van der Waals surface area contributed by atoms with Crippen molar-refractivity contribution in [2.45, 2.75) is 25.8 Å². The maximum absolute atomic E-state index is 11.2. The molecular formula is C9H15NO3S. The van der Waals surface area contributed by atoms with Gasteiger partial charge in [-0.15, -0.1) is 11.8 Å². The van der Waals surface area contributed by atoms with Gasteiger partial charge in [-0.05, 0) is 12.3 Å². The topological polar surface area (TPSA) is 66.4 Å². The fourth-order valence-electron chi connectivity index (χ4n) is 1.36. The van der Waals surface area contributed by atoms with E-state index in [1.165, 1.54) is 0 Å². The summed E-state index contributed by atoms with van der Waals surface area (Å²) in [7, 11) is 0. The molecule has 1 aliphatic rings. The van der Waals surface area contributed by atoms with Crippen molar-refractivity contribution in [1.82, 2.24) is 5.32 Å². The monoisotopic (exact) mass is 217 g/mol. The number of hydrogen-bond donors (Lipinski definition) is 2. The Morgan fingerprint density at radius 1 is 1.50 bits per heavy atom. The van der Waals surface area contributed by atoms with Gasteiger partial charge in [-0.2, -0.15) is 0 Å². The Labute approximate surface area is 87.4 Å². The second kappa shape index (κ2) is 5.24. The molecule has 0 aromatic carbocycles. The van der Waals surface area contributed by atoms with Gasteiger partial charge in [0.05, 0.1) is 11.5 Å². The predicted octanol–water partition coefficient (Wildman–Crippen LogP) is 0.719. The van der Waals surface area contributed by atoms with Crippen molar-refractivity contribution in [2.75, 3.05) is 11.5 Å². The van der Waals surface area contributed by atoms with Crippen LogP contribution < -0.4 is 5.32 Å². The predicted molar refractivity (Wildman–Crippen MR) is 55.3 cm³/mol. The van der Waals surface area contributed by atoms with Gasteiger partial charge < -0.3 is 10.4 Å². The van der Waals surface area contributed by atoms with Crippen molar-refractivity contribution in [3.8, 4) is 0 Å². The highest BCUT2D eigenvalue weighted by Gasteiger charge is 2.36. The molecule has 0 aromatic rings. The molecule has 0 aliphatic heterocycles. The summed E-state index contributed by atoms with van der Waals surface area (Å²) in [4.78, 5) is 21.4. The molecule has 0 radical (unpaired) electrons. The number of carbonyl (C=O) groups is 2. The molecule has 80 valence electrons. The molecule has 14 heavy (non-hydrogen) atoms. The normalized spacial score (nSPS) is 24.4. The summed E-state index contributed by atoms with van der Waals surface area (Å²) in [6.45, 7) is 2.11. The molecule has 2 atom stereocenters. The molecule has 5 heteroatoms. The van der Waals surface area contributed by atoms with Crippen LogP contribution in [0, 0.1) is 5.92 Å². The SMILES string of the molecule is CCC1CC1NC(=O)CSCC(=O)O. The Hall–Kier alpha value is -0.710. The first-order valence-corrected chi connectivity index (χ1v) is 5.87. The van der Waals surface area contributed by atoms with E-state index in [2.05, 4.69) is 12.2 Å². The third-order valence-corrected chi connectivity index (χ3v) is 3.17. The zero-order valence-corrected chi connectivity index (χ0v) is 8.97. The van der Waals surface area contributed by atoms with E-state index >= 15 is 0 Å². The molecule has 1 rings (SSSR count). The number of nitrogens with one attached hydrogen (secondary N) is 1. The maximum Gasteiger partial charge on any atom is 0.313 e. The number of carboxylic acid groups (broad SMARTS) is 1. The van der Waals surface area contributed by atoms with Crippen LogP contribution in [0.5, 0.6) is 0 Å². The van der Waals surface area contributed by atoms with Crippen molar-refractivity contribution in [1.29, 1.82) is 0 Å². The van der Waals surface area contributed by atoms with Gasteiger partial charge in [0.1, 0.15) is 0 Å². The highest BCUT2D eigenvalue weighted by atomic mass is 32.2. The quantitative estimate of drug-likeness (QED) is 0.688. The Morgan fingerprint density at radius 3 is 2.71 bits per heavy atom. The zero-order valence-electron chi connectivity index (χ0n) is 8.16. The van der Waals surface area contributed by atoms with Gasteiger partial charge in [-0.3, -0.25) is 9.59 Å². The minimum absolute atomic E-state index is 0.00467. The zero-order chi connectivity index (χ0) is 10.6. The molecule has 2 N–H and O–H groups in total. The van der Waals surface area contributed by atoms with Crippen molar-refractivity contribution >= 4 is 23.6 Å². The van der Waals surface area contributed by atoms with Crippen molar-refractivity contribution < 1.29 is 14.7 Å². The van der Waals surface area contributed by atoms with E-state index in [1.54, 1.807) is 0 Å². The van der Waals surface area contributed by atoms with E-state index in [1.807, 2.05) is 0 Å². The van der Waals surface area contributed by atoms with Crippen LogP contribution in [0.15, 0.2) is 0 Å². The van der Waals surface area contributed by atoms with Crippen LogP contribution in [-0.4, -0.2) is 34.5 Å². The second-order valence-corrected chi connectivity index (χ2v) is 4.45. The summed E-state index contributed by atoms with van der Waals surface area (Å²) < 4.78 is 0. The molecule has 0 spiro atoms. The van der Waals surface area contributed by atoms with Gasteiger partial charge in [0.25, 0.3) is 0 Å². The van der Waals surface area contributed by atoms with Crippen LogP contribution in [0.1, 0.15) is 19.8 Å². The average molecular weight is 217 g/mol. The Balaban J connectivity index is 2.03. The van der Waals surface area contributed by atoms with Crippen molar-refractivity contribution in [3.63, 3.8) is 0 Å². The Kier molecular flexibility index (Phi) is 4.25. The number of carboxylic acids is 1. The maximum atomic E-state index is 11.2.